The van der Waals surface area contributed by atoms with Crippen LogP contribution in [0.25, 0.3) is 0 Å². The third kappa shape index (κ3) is 2.90. The van der Waals surface area contributed by atoms with Crippen LogP contribution in [0.15, 0.2) is 12.2 Å². The van der Waals surface area contributed by atoms with Crippen molar-refractivity contribution in [2.24, 2.45) is 17.8 Å². The summed E-state index contributed by atoms with van der Waals surface area (Å²) in [5, 5.41) is 0. The van der Waals surface area contributed by atoms with Crippen molar-refractivity contribution in [2.75, 3.05) is 32.7 Å². The molecule has 1 saturated carbocycles. The molecule has 0 N–H and O–H groups in total. The van der Waals surface area contributed by atoms with Crippen molar-refractivity contribution in [3.05, 3.63) is 12.2 Å². The summed E-state index contributed by atoms with van der Waals surface area (Å²) < 4.78 is 0. The number of rotatable bonds is 5. The van der Waals surface area contributed by atoms with Crippen LogP contribution in [-0.2, 0) is 0 Å². The highest BCUT2D eigenvalue weighted by atomic mass is 15.3. The largest absolute Gasteiger partial charge is 0.300 e. The third-order valence-electron chi connectivity index (χ3n) is 5.77. The average Bonchev–Trinajstić information content (AvgIpc) is 3.04. The molecule has 1 heterocycles. The van der Waals surface area contributed by atoms with Gasteiger partial charge in [0.15, 0.2) is 0 Å². The Bertz CT molecular complexity index is 313. The van der Waals surface area contributed by atoms with Gasteiger partial charge >= 0.3 is 0 Å². The van der Waals surface area contributed by atoms with Gasteiger partial charge in [-0.3, -0.25) is 4.90 Å². The highest BCUT2D eigenvalue weighted by Gasteiger charge is 2.36. The minimum absolute atomic E-state index is 0.826. The first-order chi connectivity index (χ1) is 9.30. The van der Waals surface area contributed by atoms with Crippen molar-refractivity contribution < 1.29 is 0 Å². The first-order valence-corrected chi connectivity index (χ1v) is 8.44. The van der Waals surface area contributed by atoms with Gasteiger partial charge in [-0.25, -0.2) is 0 Å². The van der Waals surface area contributed by atoms with Gasteiger partial charge in [-0.1, -0.05) is 26.0 Å². The van der Waals surface area contributed by atoms with Gasteiger partial charge < -0.3 is 4.90 Å². The molecule has 1 saturated heterocycles. The van der Waals surface area contributed by atoms with E-state index in [0.29, 0.717) is 0 Å². The number of allylic oxidation sites excluding steroid dienone is 2. The van der Waals surface area contributed by atoms with Crippen LogP contribution >= 0.6 is 0 Å². The van der Waals surface area contributed by atoms with Crippen LogP contribution in [0.2, 0.25) is 0 Å². The molecule has 0 aromatic heterocycles. The molecule has 3 aliphatic rings. The molecule has 2 aliphatic carbocycles. The van der Waals surface area contributed by atoms with Crippen LogP contribution in [0.4, 0.5) is 0 Å². The van der Waals surface area contributed by atoms with Crippen molar-refractivity contribution in [3.63, 3.8) is 0 Å². The molecule has 0 radical (unpaired) electrons. The molecule has 1 aliphatic heterocycles. The molecule has 0 spiro atoms. The smallest absolute Gasteiger partial charge is 0.0113 e. The van der Waals surface area contributed by atoms with E-state index in [1.165, 1.54) is 58.4 Å². The summed E-state index contributed by atoms with van der Waals surface area (Å²) in [6.45, 7) is 11.2. The molecule has 2 fully saturated rings. The minimum Gasteiger partial charge on any atom is -0.300 e. The van der Waals surface area contributed by atoms with E-state index < -0.39 is 0 Å². The second-order valence-electron chi connectivity index (χ2n) is 6.85. The second kappa shape index (κ2) is 5.97. The van der Waals surface area contributed by atoms with Crippen LogP contribution in [0.1, 0.15) is 39.5 Å². The Kier molecular flexibility index (Phi) is 4.28. The van der Waals surface area contributed by atoms with Crippen LogP contribution in [0.3, 0.4) is 0 Å². The molecule has 2 nitrogen and oxygen atoms in total. The lowest BCUT2D eigenvalue weighted by atomic mass is 9.93. The predicted octanol–water partition coefficient (Wildman–Crippen LogP) is 3.00. The SMILES string of the molecule is CCC(CC)N1CCN(C[C@H]2C[C@H]3C=C[C@@H]2C3)CC1. The maximum atomic E-state index is 2.73. The molecule has 19 heavy (non-hydrogen) atoms. The fraction of sp³-hybridized carbons (Fsp3) is 0.882. The normalized spacial score (nSPS) is 35.6. The van der Waals surface area contributed by atoms with E-state index in [1.54, 1.807) is 0 Å². The van der Waals surface area contributed by atoms with Crippen LogP contribution < -0.4 is 0 Å². The lowest BCUT2D eigenvalue weighted by molar-refractivity contribution is 0.0796. The van der Waals surface area contributed by atoms with Gasteiger partial charge in [-0.05, 0) is 43.4 Å². The zero-order valence-electron chi connectivity index (χ0n) is 12.7. The van der Waals surface area contributed by atoms with E-state index in [0.717, 1.165) is 23.8 Å². The number of hydrogen-bond donors (Lipinski definition) is 0. The fourth-order valence-electron chi connectivity index (χ4n) is 4.55. The highest BCUT2D eigenvalue weighted by Crippen LogP contribution is 2.43. The Morgan fingerprint density at radius 1 is 1.00 bits per heavy atom. The number of piperazine rings is 1. The highest BCUT2D eigenvalue weighted by molar-refractivity contribution is 5.10. The molecule has 0 aromatic rings. The summed E-state index contributed by atoms with van der Waals surface area (Å²) in [6, 6.07) is 0.826. The van der Waals surface area contributed by atoms with Gasteiger partial charge in [0.2, 0.25) is 0 Å². The van der Waals surface area contributed by atoms with E-state index in [2.05, 4.69) is 35.8 Å². The van der Waals surface area contributed by atoms with Gasteiger partial charge in [0.1, 0.15) is 0 Å². The number of hydrogen-bond acceptors (Lipinski definition) is 2. The fourth-order valence-corrected chi connectivity index (χ4v) is 4.55. The van der Waals surface area contributed by atoms with Crippen molar-refractivity contribution in [3.8, 4) is 0 Å². The Labute approximate surface area is 118 Å². The van der Waals surface area contributed by atoms with E-state index in [-0.39, 0.29) is 0 Å². The Morgan fingerprint density at radius 2 is 1.74 bits per heavy atom. The maximum Gasteiger partial charge on any atom is 0.0113 e. The van der Waals surface area contributed by atoms with Gasteiger partial charge in [-0.2, -0.15) is 0 Å². The summed E-state index contributed by atoms with van der Waals surface area (Å²) in [6.07, 6.45) is 10.5. The van der Waals surface area contributed by atoms with Crippen LogP contribution in [0.5, 0.6) is 0 Å². The van der Waals surface area contributed by atoms with Gasteiger partial charge in [0.25, 0.3) is 0 Å². The van der Waals surface area contributed by atoms with E-state index in [4.69, 9.17) is 0 Å². The van der Waals surface area contributed by atoms with E-state index >= 15 is 0 Å². The summed E-state index contributed by atoms with van der Waals surface area (Å²) >= 11 is 0. The minimum atomic E-state index is 0.826. The quantitative estimate of drug-likeness (QED) is 0.703. The van der Waals surface area contributed by atoms with Crippen LogP contribution in [0, 0.1) is 17.8 Å². The molecule has 2 bridgehead atoms. The van der Waals surface area contributed by atoms with Crippen molar-refractivity contribution >= 4 is 0 Å². The zero-order valence-corrected chi connectivity index (χ0v) is 12.7. The monoisotopic (exact) mass is 262 g/mol. The molecule has 3 rings (SSSR count). The standard InChI is InChI=1S/C17H30N2/c1-3-17(4-2)19-9-7-18(8-10-19)13-16-12-14-5-6-15(16)11-14/h5-6,14-17H,3-4,7-13H2,1-2H3/t14-,15+,16+/m0/s1. The number of nitrogens with zero attached hydrogens (tertiary/aromatic N) is 2. The molecule has 2 heteroatoms. The summed E-state index contributed by atoms with van der Waals surface area (Å²) in [4.78, 5) is 5.45. The first-order valence-electron chi connectivity index (χ1n) is 8.44. The number of fused-ring (bicyclic) bond motifs is 2. The van der Waals surface area contributed by atoms with Crippen molar-refractivity contribution in [1.29, 1.82) is 0 Å². The van der Waals surface area contributed by atoms with E-state index in [1.807, 2.05) is 0 Å². The van der Waals surface area contributed by atoms with E-state index in [9.17, 15) is 0 Å². The lowest BCUT2D eigenvalue weighted by Crippen LogP contribution is -2.51. The van der Waals surface area contributed by atoms with Crippen molar-refractivity contribution in [1.82, 2.24) is 9.80 Å². The molecular formula is C17H30N2. The zero-order chi connectivity index (χ0) is 13.2. The van der Waals surface area contributed by atoms with Crippen molar-refractivity contribution in [2.45, 2.75) is 45.6 Å². The summed E-state index contributed by atoms with van der Waals surface area (Å²) in [7, 11) is 0. The average molecular weight is 262 g/mol. The molecule has 108 valence electrons. The second-order valence-corrected chi connectivity index (χ2v) is 6.85. The van der Waals surface area contributed by atoms with Gasteiger partial charge in [-0.15, -0.1) is 0 Å². The Hall–Kier alpha value is -0.340. The molecule has 0 amide bonds. The topological polar surface area (TPSA) is 6.48 Å². The van der Waals surface area contributed by atoms with Crippen LogP contribution in [-0.4, -0.2) is 48.6 Å². The molecule has 3 atom stereocenters. The predicted molar refractivity (Wildman–Crippen MR) is 81.2 cm³/mol. The van der Waals surface area contributed by atoms with Gasteiger partial charge in [0.05, 0.1) is 0 Å². The Morgan fingerprint density at radius 3 is 2.26 bits per heavy atom. The van der Waals surface area contributed by atoms with Gasteiger partial charge in [0, 0.05) is 38.8 Å². The third-order valence-corrected chi connectivity index (χ3v) is 5.77. The summed E-state index contributed by atoms with van der Waals surface area (Å²) in [5.74, 6) is 2.82. The Balaban J connectivity index is 1.44. The molecule has 0 unspecified atom stereocenters. The first kappa shape index (κ1) is 13.6. The maximum absolute atomic E-state index is 2.73. The summed E-state index contributed by atoms with van der Waals surface area (Å²) in [5.41, 5.74) is 0. The molecule has 0 aromatic carbocycles. The molecular weight excluding hydrogens is 232 g/mol. The lowest BCUT2D eigenvalue weighted by Gasteiger charge is -2.40.